The minimum atomic E-state index is -0.248. The minimum absolute atomic E-state index is 0.0134. The minimum Gasteiger partial charge on any atom is -0.268 e. The van der Waals surface area contributed by atoms with Gasteiger partial charge < -0.3 is 0 Å². The maximum absolute atomic E-state index is 13.9. The van der Waals surface area contributed by atoms with E-state index in [2.05, 4.69) is 20.8 Å². The molecule has 170 valence electrons. The van der Waals surface area contributed by atoms with Crippen LogP contribution in [0.2, 0.25) is 0 Å². The summed E-state index contributed by atoms with van der Waals surface area (Å²) in [5, 5.41) is 1.46. The highest BCUT2D eigenvalue weighted by Crippen LogP contribution is 2.42. The van der Waals surface area contributed by atoms with Gasteiger partial charge in [0, 0.05) is 10.6 Å². The molecule has 1 atom stereocenters. The molecule has 2 aromatic heterocycles. The third-order valence-electron chi connectivity index (χ3n) is 6.57. The third-order valence-corrected chi connectivity index (χ3v) is 8.73. The van der Waals surface area contributed by atoms with Crippen molar-refractivity contribution in [3.05, 3.63) is 86.8 Å². The first-order valence-electron chi connectivity index (χ1n) is 11.3. The molecule has 2 aromatic carbocycles. The van der Waals surface area contributed by atoms with Crippen LogP contribution in [0.15, 0.2) is 64.5 Å². The quantitative estimate of drug-likeness (QED) is 0.233. The molecule has 1 aliphatic carbocycles. The Hall–Kier alpha value is -2.44. The van der Waals surface area contributed by atoms with E-state index < -0.39 is 0 Å². The van der Waals surface area contributed by atoms with Crippen LogP contribution in [0.4, 0.5) is 4.39 Å². The number of hydrogen-bond donors (Lipinski definition) is 0. The Bertz CT molecular complexity index is 1350. The third kappa shape index (κ3) is 4.38. The Morgan fingerprint density at radius 1 is 1.12 bits per heavy atom. The van der Waals surface area contributed by atoms with Crippen molar-refractivity contribution in [1.82, 2.24) is 9.55 Å². The van der Waals surface area contributed by atoms with Crippen LogP contribution in [-0.4, -0.2) is 9.55 Å². The number of halogens is 1. The first-order chi connectivity index (χ1) is 15.8. The van der Waals surface area contributed by atoms with Crippen molar-refractivity contribution in [3.8, 4) is 5.69 Å². The zero-order valence-electron chi connectivity index (χ0n) is 19.1. The summed E-state index contributed by atoms with van der Waals surface area (Å²) in [5.41, 5.74) is 3.28. The highest BCUT2D eigenvalue weighted by atomic mass is 32.2. The zero-order chi connectivity index (χ0) is 23.2. The van der Waals surface area contributed by atoms with Crippen molar-refractivity contribution < 1.29 is 4.39 Å². The number of thioether (sulfide) groups is 1. The van der Waals surface area contributed by atoms with Gasteiger partial charge in [-0.05, 0) is 66.0 Å². The van der Waals surface area contributed by atoms with E-state index in [9.17, 15) is 9.18 Å². The predicted octanol–water partition coefficient (Wildman–Crippen LogP) is 7.03. The summed E-state index contributed by atoms with van der Waals surface area (Å²) in [5.74, 6) is 0.978. The van der Waals surface area contributed by atoms with E-state index >= 15 is 0 Å². The average Bonchev–Trinajstić information content (AvgIpc) is 3.16. The summed E-state index contributed by atoms with van der Waals surface area (Å²) in [7, 11) is 0. The van der Waals surface area contributed by atoms with Crippen LogP contribution >= 0.6 is 23.1 Å². The second kappa shape index (κ2) is 8.73. The summed E-state index contributed by atoms with van der Waals surface area (Å²) in [6.07, 6.45) is 3.06. The molecule has 0 aliphatic heterocycles. The van der Waals surface area contributed by atoms with Crippen LogP contribution in [0, 0.1) is 17.2 Å². The van der Waals surface area contributed by atoms with E-state index in [0.717, 1.165) is 40.7 Å². The van der Waals surface area contributed by atoms with Crippen molar-refractivity contribution in [1.29, 1.82) is 0 Å². The van der Waals surface area contributed by atoms with E-state index in [-0.39, 0.29) is 16.8 Å². The highest BCUT2D eigenvalue weighted by molar-refractivity contribution is 7.98. The second-order valence-corrected chi connectivity index (χ2v) is 11.8. The first kappa shape index (κ1) is 22.4. The number of thiophene rings is 1. The van der Waals surface area contributed by atoms with Gasteiger partial charge in [0.1, 0.15) is 10.6 Å². The predicted molar refractivity (Wildman–Crippen MR) is 136 cm³/mol. The molecule has 4 aromatic rings. The van der Waals surface area contributed by atoms with Crippen LogP contribution in [-0.2, 0) is 18.6 Å². The SMILES string of the molecule is CC(C)(C)C1CCc2c(sc3nc(SCc4ccc(F)cc4)n(-c4ccccc4)c(=O)c23)C1. The van der Waals surface area contributed by atoms with Gasteiger partial charge in [-0.1, -0.05) is 62.9 Å². The lowest BCUT2D eigenvalue weighted by Crippen LogP contribution is -2.27. The number of para-hydroxylation sites is 1. The van der Waals surface area contributed by atoms with Gasteiger partial charge in [-0.25, -0.2) is 9.37 Å². The number of fused-ring (bicyclic) bond motifs is 3. The average molecular weight is 479 g/mol. The molecule has 0 bridgehead atoms. The van der Waals surface area contributed by atoms with Gasteiger partial charge in [0.25, 0.3) is 5.56 Å². The van der Waals surface area contributed by atoms with Crippen molar-refractivity contribution in [2.45, 2.75) is 50.9 Å². The fourth-order valence-electron chi connectivity index (χ4n) is 4.58. The molecule has 1 aliphatic rings. The van der Waals surface area contributed by atoms with Gasteiger partial charge in [-0.2, -0.15) is 0 Å². The fourth-order valence-corrected chi connectivity index (χ4v) is 6.88. The molecule has 33 heavy (non-hydrogen) atoms. The number of benzene rings is 2. The van der Waals surface area contributed by atoms with Gasteiger partial charge in [-0.15, -0.1) is 11.3 Å². The monoisotopic (exact) mass is 478 g/mol. The molecule has 5 rings (SSSR count). The lowest BCUT2D eigenvalue weighted by molar-refractivity contribution is 0.218. The Balaban J connectivity index is 1.61. The maximum Gasteiger partial charge on any atom is 0.267 e. The van der Waals surface area contributed by atoms with Gasteiger partial charge in [0.15, 0.2) is 5.16 Å². The van der Waals surface area contributed by atoms with E-state index in [1.54, 1.807) is 28.0 Å². The van der Waals surface area contributed by atoms with E-state index in [1.165, 1.54) is 34.3 Å². The summed E-state index contributed by atoms with van der Waals surface area (Å²) >= 11 is 3.20. The summed E-state index contributed by atoms with van der Waals surface area (Å²) in [6.45, 7) is 6.92. The van der Waals surface area contributed by atoms with Gasteiger partial charge in [0.05, 0.1) is 11.1 Å². The molecular weight excluding hydrogens is 451 g/mol. The van der Waals surface area contributed by atoms with Crippen molar-refractivity contribution in [2.24, 2.45) is 11.3 Å². The molecule has 0 N–H and O–H groups in total. The molecule has 0 radical (unpaired) electrons. The lowest BCUT2D eigenvalue weighted by atomic mass is 9.72. The molecule has 0 saturated heterocycles. The van der Waals surface area contributed by atoms with Crippen molar-refractivity contribution >= 4 is 33.3 Å². The summed E-state index contributed by atoms with van der Waals surface area (Å²) < 4.78 is 15.1. The molecule has 3 nitrogen and oxygen atoms in total. The molecule has 6 heteroatoms. The lowest BCUT2D eigenvalue weighted by Gasteiger charge is -2.33. The fraction of sp³-hybridized carbons (Fsp3) is 0.333. The number of hydrogen-bond acceptors (Lipinski definition) is 4. The Morgan fingerprint density at radius 3 is 2.55 bits per heavy atom. The molecule has 1 unspecified atom stereocenters. The number of aromatic nitrogens is 2. The normalized spacial score (nSPS) is 16.2. The number of aryl methyl sites for hydroxylation is 1. The highest BCUT2D eigenvalue weighted by Gasteiger charge is 2.32. The van der Waals surface area contributed by atoms with Crippen LogP contribution in [0.5, 0.6) is 0 Å². The summed E-state index contributed by atoms with van der Waals surface area (Å²) in [6, 6.07) is 16.2. The molecule has 2 heterocycles. The van der Waals surface area contributed by atoms with Crippen molar-refractivity contribution in [2.75, 3.05) is 0 Å². The Labute approximate surface area is 201 Å². The van der Waals surface area contributed by atoms with Crippen molar-refractivity contribution in [3.63, 3.8) is 0 Å². The maximum atomic E-state index is 13.9. The van der Waals surface area contributed by atoms with Gasteiger partial charge in [0.2, 0.25) is 0 Å². The number of nitrogens with zero attached hydrogens (tertiary/aromatic N) is 2. The van der Waals surface area contributed by atoms with Crippen LogP contribution in [0.3, 0.4) is 0 Å². The molecule has 0 amide bonds. The van der Waals surface area contributed by atoms with Crippen LogP contribution in [0.1, 0.15) is 43.2 Å². The topological polar surface area (TPSA) is 34.9 Å². The Kier molecular flexibility index (Phi) is 5.91. The van der Waals surface area contributed by atoms with Gasteiger partial charge >= 0.3 is 0 Å². The second-order valence-electron chi connectivity index (χ2n) is 9.78. The standard InChI is InChI=1S/C27H27FN2OS2/c1-27(2,3)18-11-14-21-22(15-18)33-24-23(21)25(31)30(20-7-5-4-6-8-20)26(29-24)32-16-17-9-12-19(28)13-10-17/h4-10,12-13,18H,11,14-16H2,1-3H3. The zero-order valence-corrected chi connectivity index (χ0v) is 20.7. The largest absolute Gasteiger partial charge is 0.268 e. The Morgan fingerprint density at radius 2 is 1.85 bits per heavy atom. The van der Waals surface area contributed by atoms with E-state index in [1.807, 2.05) is 30.3 Å². The van der Waals surface area contributed by atoms with E-state index in [0.29, 0.717) is 16.8 Å². The number of rotatable bonds is 4. The molecule has 0 saturated carbocycles. The molecule has 0 fully saturated rings. The van der Waals surface area contributed by atoms with Crippen LogP contribution < -0.4 is 5.56 Å². The van der Waals surface area contributed by atoms with E-state index in [4.69, 9.17) is 4.98 Å². The first-order valence-corrected chi connectivity index (χ1v) is 13.1. The van der Waals surface area contributed by atoms with Gasteiger partial charge in [-0.3, -0.25) is 9.36 Å². The summed E-state index contributed by atoms with van der Waals surface area (Å²) in [4.78, 5) is 21.1. The van der Waals surface area contributed by atoms with Crippen LogP contribution in [0.25, 0.3) is 15.9 Å². The molecular formula is C27H27FN2OS2. The molecule has 0 spiro atoms. The smallest absolute Gasteiger partial charge is 0.267 e.